The van der Waals surface area contributed by atoms with Crippen molar-refractivity contribution < 1.29 is 0 Å². The first-order chi connectivity index (χ1) is 9.02. The van der Waals surface area contributed by atoms with Crippen LogP contribution in [0.15, 0.2) is 11.6 Å². The molecule has 1 N–H and O–H groups in total. The predicted molar refractivity (Wildman–Crippen MR) is 81.8 cm³/mol. The molecule has 1 aliphatic rings. The van der Waals surface area contributed by atoms with Gasteiger partial charge in [-0.05, 0) is 12.8 Å². The number of nitrogens with one attached hydrogen (secondary N) is 1. The largest absolute Gasteiger partial charge is 0.309 e. The van der Waals surface area contributed by atoms with E-state index in [2.05, 4.69) is 36.5 Å². The smallest absolute Gasteiger partial charge is 0.142 e. The molecule has 0 spiro atoms. The van der Waals surface area contributed by atoms with Crippen LogP contribution in [0, 0.1) is 0 Å². The zero-order valence-electron chi connectivity index (χ0n) is 11.6. The molecular weight excluding hydrogens is 274 g/mol. The van der Waals surface area contributed by atoms with E-state index in [4.69, 9.17) is 4.98 Å². The van der Waals surface area contributed by atoms with Crippen molar-refractivity contribution in [1.82, 2.24) is 15.3 Å². The molecule has 3 nitrogen and oxygen atoms in total. The van der Waals surface area contributed by atoms with Crippen LogP contribution in [0.5, 0.6) is 0 Å². The molecule has 1 saturated carbocycles. The topological polar surface area (TPSA) is 37.8 Å². The quantitative estimate of drug-likeness (QED) is 0.931. The van der Waals surface area contributed by atoms with Crippen LogP contribution >= 0.6 is 22.7 Å². The maximum Gasteiger partial charge on any atom is 0.142 e. The average molecular weight is 293 g/mol. The fraction of sp³-hybridized carbons (Fsp3) is 0.571. The molecule has 0 radical (unpaired) electrons. The first-order valence-electron chi connectivity index (χ1n) is 6.67. The highest BCUT2D eigenvalue weighted by Gasteiger charge is 2.21. The third kappa shape index (κ3) is 3.22. The fourth-order valence-corrected chi connectivity index (χ4v) is 3.55. The zero-order valence-corrected chi connectivity index (χ0v) is 13.2. The molecule has 1 fully saturated rings. The number of nitrogens with zero attached hydrogens (tertiary/aromatic N) is 2. The first kappa shape index (κ1) is 13.2. The van der Waals surface area contributed by atoms with Crippen LogP contribution < -0.4 is 5.32 Å². The summed E-state index contributed by atoms with van der Waals surface area (Å²) in [5.74, 6) is 0. The molecule has 1 aliphatic carbocycles. The Labute approximate surface area is 122 Å². The van der Waals surface area contributed by atoms with Gasteiger partial charge < -0.3 is 5.32 Å². The molecule has 102 valence electrons. The summed E-state index contributed by atoms with van der Waals surface area (Å²) in [5, 5.41) is 7.86. The van der Waals surface area contributed by atoms with Crippen molar-refractivity contribution in [2.75, 3.05) is 0 Å². The minimum atomic E-state index is 0.122. The lowest BCUT2D eigenvalue weighted by Crippen LogP contribution is -2.14. The van der Waals surface area contributed by atoms with Gasteiger partial charge in [0.1, 0.15) is 10.7 Å². The van der Waals surface area contributed by atoms with Crippen molar-refractivity contribution in [2.45, 2.75) is 51.6 Å². The summed E-state index contributed by atoms with van der Waals surface area (Å²) in [6, 6.07) is 0.748. The molecule has 0 aliphatic heterocycles. The zero-order chi connectivity index (χ0) is 13.5. The average Bonchev–Trinajstić information content (AvgIpc) is 2.87. The van der Waals surface area contributed by atoms with Gasteiger partial charge in [0.2, 0.25) is 0 Å². The molecule has 0 unspecified atom stereocenters. The van der Waals surface area contributed by atoms with Gasteiger partial charge in [0, 0.05) is 34.5 Å². The highest BCUT2D eigenvalue weighted by Crippen LogP contribution is 2.32. The molecule has 0 amide bonds. The number of hydrogen-bond acceptors (Lipinski definition) is 5. The molecule has 0 aromatic carbocycles. The predicted octanol–water partition coefficient (Wildman–Crippen LogP) is 3.82. The Morgan fingerprint density at radius 3 is 2.79 bits per heavy atom. The summed E-state index contributed by atoms with van der Waals surface area (Å²) < 4.78 is 0. The van der Waals surface area contributed by atoms with Crippen molar-refractivity contribution in [3.05, 3.63) is 21.5 Å². The van der Waals surface area contributed by atoms with E-state index in [1.807, 2.05) is 6.20 Å². The van der Waals surface area contributed by atoms with Gasteiger partial charge in [0.05, 0.1) is 5.01 Å². The molecule has 2 aromatic rings. The molecule has 2 heterocycles. The van der Waals surface area contributed by atoms with Gasteiger partial charge in [-0.15, -0.1) is 22.7 Å². The van der Waals surface area contributed by atoms with E-state index in [-0.39, 0.29) is 5.41 Å². The third-order valence-corrected chi connectivity index (χ3v) is 5.35. The molecule has 5 heteroatoms. The molecule has 3 rings (SSSR count). The second-order valence-corrected chi connectivity index (χ2v) is 8.05. The van der Waals surface area contributed by atoms with Crippen molar-refractivity contribution in [3.63, 3.8) is 0 Å². The first-order valence-corrected chi connectivity index (χ1v) is 8.36. The lowest BCUT2D eigenvalue weighted by molar-refractivity contribution is 0.586. The number of aromatic nitrogens is 2. The Hall–Kier alpha value is -0.780. The van der Waals surface area contributed by atoms with Crippen LogP contribution in [-0.4, -0.2) is 16.0 Å². The molecular formula is C14H19N3S2. The van der Waals surface area contributed by atoms with E-state index < -0.39 is 0 Å². The molecule has 0 bridgehead atoms. The lowest BCUT2D eigenvalue weighted by atomic mass is 9.98. The van der Waals surface area contributed by atoms with Gasteiger partial charge in [0.15, 0.2) is 0 Å². The van der Waals surface area contributed by atoms with E-state index in [1.165, 1.54) is 22.7 Å². The van der Waals surface area contributed by atoms with Crippen LogP contribution in [0.3, 0.4) is 0 Å². The SMILES string of the molecule is CC(C)(C)c1nc(-c2ncc(CNC3CC3)s2)cs1. The summed E-state index contributed by atoms with van der Waals surface area (Å²) in [6.45, 7) is 7.53. The van der Waals surface area contributed by atoms with E-state index in [0.717, 1.165) is 23.3 Å². The van der Waals surface area contributed by atoms with Gasteiger partial charge in [-0.25, -0.2) is 9.97 Å². The third-order valence-electron chi connectivity index (χ3n) is 3.06. The Morgan fingerprint density at radius 2 is 2.16 bits per heavy atom. The van der Waals surface area contributed by atoms with Crippen LogP contribution in [0.4, 0.5) is 0 Å². The Balaban J connectivity index is 1.72. The number of rotatable bonds is 4. The Bertz CT molecular complexity index is 561. The van der Waals surface area contributed by atoms with Crippen LogP contribution in [-0.2, 0) is 12.0 Å². The van der Waals surface area contributed by atoms with Crippen molar-refractivity contribution in [2.24, 2.45) is 0 Å². The summed E-state index contributed by atoms with van der Waals surface area (Å²) >= 11 is 3.48. The van der Waals surface area contributed by atoms with Crippen molar-refractivity contribution >= 4 is 22.7 Å². The Kier molecular flexibility index (Phi) is 3.45. The molecule has 19 heavy (non-hydrogen) atoms. The monoisotopic (exact) mass is 293 g/mol. The second kappa shape index (κ2) is 4.96. The van der Waals surface area contributed by atoms with Crippen molar-refractivity contribution in [3.8, 4) is 10.7 Å². The van der Waals surface area contributed by atoms with Gasteiger partial charge >= 0.3 is 0 Å². The molecule has 0 atom stereocenters. The molecule has 2 aromatic heterocycles. The maximum absolute atomic E-state index is 4.72. The summed E-state index contributed by atoms with van der Waals surface area (Å²) in [7, 11) is 0. The summed E-state index contributed by atoms with van der Waals surface area (Å²) in [5.41, 5.74) is 1.15. The van der Waals surface area contributed by atoms with Crippen molar-refractivity contribution in [1.29, 1.82) is 0 Å². The number of thiazole rings is 2. The minimum absolute atomic E-state index is 0.122. The summed E-state index contributed by atoms with van der Waals surface area (Å²) in [6.07, 6.45) is 4.63. The Morgan fingerprint density at radius 1 is 1.37 bits per heavy atom. The summed E-state index contributed by atoms with van der Waals surface area (Å²) in [4.78, 5) is 10.5. The molecule has 0 saturated heterocycles. The van der Waals surface area contributed by atoms with Crippen LogP contribution in [0.1, 0.15) is 43.5 Å². The van der Waals surface area contributed by atoms with Crippen LogP contribution in [0.25, 0.3) is 10.7 Å². The standard InChI is InChI=1S/C14H19N3S2/c1-14(2,3)13-17-11(8-18-13)12-16-7-10(19-12)6-15-9-4-5-9/h7-9,15H,4-6H2,1-3H3. The van der Waals surface area contributed by atoms with E-state index in [0.29, 0.717) is 0 Å². The van der Waals surface area contributed by atoms with Gasteiger partial charge in [-0.3, -0.25) is 0 Å². The number of hydrogen-bond donors (Lipinski definition) is 1. The van der Waals surface area contributed by atoms with E-state index >= 15 is 0 Å². The van der Waals surface area contributed by atoms with E-state index in [9.17, 15) is 0 Å². The van der Waals surface area contributed by atoms with Crippen LogP contribution in [0.2, 0.25) is 0 Å². The fourth-order valence-electron chi connectivity index (χ4n) is 1.76. The normalized spacial score (nSPS) is 15.9. The lowest BCUT2D eigenvalue weighted by Gasteiger charge is -2.13. The van der Waals surface area contributed by atoms with Gasteiger partial charge in [-0.2, -0.15) is 0 Å². The van der Waals surface area contributed by atoms with Gasteiger partial charge in [-0.1, -0.05) is 20.8 Å². The van der Waals surface area contributed by atoms with E-state index in [1.54, 1.807) is 22.7 Å². The second-order valence-electron chi connectivity index (χ2n) is 6.07. The maximum atomic E-state index is 4.72. The minimum Gasteiger partial charge on any atom is -0.309 e. The van der Waals surface area contributed by atoms with Gasteiger partial charge in [0.25, 0.3) is 0 Å². The highest BCUT2D eigenvalue weighted by atomic mass is 32.1. The highest BCUT2D eigenvalue weighted by molar-refractivity contribution is 7.15.